The van der Waals surface area contributed by atoms with Crippen molar-refractivity contribution in [2.45, 2.75) is 25.7 Å². The number of benzene rings is 2. The van der Waals surface area contributed by atoms with Crippen molar-refractivity contribution >= 4 is 32.9 Å². The summed E-state index contributed by atoms with van der Waals surface area (Å²) >= 11 is -1.67. The quantitative estimate of drug-likeness (QED) is 0.546. The molecule has 126 valence electrons. The fourth-order valence-electron chi connectivity index (χ4n) is 4.41. The van der Waals surface area contributed by atoms with E-state index in [0.29, 0.717) is 11.3 Å². The van der Waals surface area contributed by atoms with Gasteiger partial charge in [-0.3, -0.25) is 0 Å². The summed E-state index contributed by atoms with van der Waals surface area (Å²) in [4.78, 5) is 0.670. The minimum absolute atomic E-state index is 0.0679. The molecule has 4 heteroatoms. The Kier molecular flexibility index (Phi) is 2.99. The van der Waals surface area contributed by atoms with E-state index in [0.717, 1.165) is 5.69 Å². The normalized spacial score (nSPS) is 17.1. The number of aromatic nitrogens is 1. The predicted octanol–water partition coefficient (Wildman–Crippen LogP) is 5.23. The molecule has 2 N–H and O–H groups in total. The minimum atomic E-state index is -1.67. The molecule has 25 heavy (non-hydrogen) atoms. The van der Waals surface area contributed by atoms with Gasteiger partial charge in [0.15, 0.2) is 0 Å². The van der Waals surface area contributed by atoms with E-state index in [1.54, 1.807) is 0 Å². The van der Waals surface area contributed by atoms with Crippen LogP contribution in [0.25, 0.3) is 22.7 Å². The van der Waals surface area contributed by atoms with E-state index >= 15 is 0 Å². The number of hydrogen-bond acceptors (Lipinski definition) is 2. The van der Waals surface area contributed by atoms with Crippen LogP contribution in [-0.4, -0.2) is 18.5 Å². The Labute approximate surface area is 149 Å². The van der Waals surface area contributed by atoms with E-state index < -0.39 is 11.0 Å². The molecule has 2 aromatic carbocycles. The second-order valence-electron chi connectivity index (χ2n) is 7.28. The zero-order valence-electron chi connectivity index (χ0n) is 14.2. The van der Waals surface area contributed by atoms with Crippen molar-refractivity contribution in [2.24, 2.45) is 0 Å². The summed E-state index contributed by atoms with van der Waals surface area (Å²) in [6, 6.07) is 15.1. The molecule has 0 spiro atoms. The summed E-state index contributed by atoms with van der Waals surface area (Å²) in [5.74, 6) is 0. The molecule has 3 nitrogen and oxygen atoms in total. The molecule has 0 amide bonds. The lowest BCUT2D eigenvalue weighted by Crippen LogP contribution is -2.26. The van der Waals surface area contributed by atoms with Crippen molar-refractivity contribution in [3.63, 3.8) is 0 Å². The molecule has 0 radical (unpaired) electrons. The van der Waals surface area contributed by atoms with Gasteiger partial charge in [-0.05, 0) is 34.9 Å². The van der Waals surface area contributed by atoms with E-state index in [2.05, 4.69) is 60.9 Å². The Morgan fingerprint density at radius 3 is 2.52 bits per heavy atom. The zero-order valence-corrected chi connectivity index (χ0v) is 15.0. The van der Waals surface area contributed by atoms with Gasteiger partial charge < -0.3 is 13.7 Å². The third-order valence-corrected chi connectivity index (χ3v) is 6.39. The van der Waals surface area contributed by atoms with E-state index in [1.165, 1.54) is 33.3 Å². The number of allylic oxidation sites excluding steroid dienone is 1. The largest absolute Gasteiger partial charge is 0.315 e. The number of nitrogens with zero attached hydrogens (tertiary/aromatic N) is 1. The van der Waals surface area contributed by atoms with Gasteiger partial charge in [0.1, 0.15) is 0 Å². The van der Waals surface area contributed by atoms with Crippen LogP contribution in [0.5, 0.6) is 0 Å². The van der Waals surface area contributed by atoms with Crippen LogP contribution in [0.3, 0.4) is 0 Å². The van der Waals surface area contributed by atoms with Crippen molar-refractivity contribution in [3.05, 3.63) is 70.9 Å². The van der Waals surface area contributed by atoms with E-state index in [4.69, 9.17) is 0 Å². The Morgan fingerprint density at radius 1 is 0.960 bits per heavy atom. The lowest BCUT2D eigenvalue weighted by atomic mass is 9.75. The Hall–Kier alpha value is -2.14. The highest BCUT2D eigenvalue weighted by Crippen LogP contribution is 2.47. The lowest BCUT2D eigenvalue weighted by molar-refractivity contribution is 0.535. The predicted molar refractivity (Wildman–Crippen MR) is 106 cm³/mol. The minimum Gasteiger partial charge on any atom is -0.315 e. The lowest BCUT2D eigenvalue weighted by Gasteiger charge is -2.34. The van der Waals surface area contributed by atoms with Gasteiger partial charge in [-0.2, -0.15) is 0 Å². The molecule has 2 aliphatic rings. The first-order chi connectivity index (χ1) is 12.0. The molecular weight excluding hydrogens is 330 g/mol. The van der Waals surface area contributed by atoms with Crippen molar-refractivity contribution in [2.75, 3.05) is 0 Å². The Morgan fingerprint density at radius 2 is 1.72 bits per heavy atom. The Balaban J connectivity index is 1.97. The molecule has 0 fully saturated rings. The first-order valence-corrected chi connectivity index (χ1v) is 9.57. The van der Waals surface area contributed by atoms with Crippen LogP contribution >= 0.6 is 11.0 Å². The molecule has 0 atom stereocenters. The zero-order chi connectivity index (χ0) is 17.3. The SMILES string of the molecule is CC1(C)c2ccccc2-n2c3c(c4cccc1c42)CC(=S(O)O)C=C3. The fraction of sp³-hybridized carbons (Fsp3) is 0.190. The standard InChI is InChI=1S/C21H19NO2S/c1-21(2)16-7-3-4-9-19(16)22-18-11-10-13(25(23)24)12-15(18)14-6-5-8-17(21)20(14)22/h3-11,23-24H,12H2,1-2H3. The van der Waals surface area contributed by atoms with E-state index in [1.807, 2.05) is 12.2 Å². The monoisotopic (exact) mass is 349 g/mol. The van der Waals surface area contributed by atoms with Gasteiger partial charge >= 0.3 is 0 Å². The van der Waals surface area contributed by atoms with Gasteiger partial charge in [0.2, 0.25) is 0 Å². The van der Waals surface area contributed by atoms with Crippen molar-refractivity contribution in [1.82, 2.24) is 4.57 Å². The van der Waals surface area contributed by atoms with Crippen LogP contribution < -0.4 is 0 Å². The molecular formula is C21H19NO2S. The van der Waals surface area contributed by atoms with Crippen LogP contribution in [0.2, 0.25) is 0 Å². The van der Waals surface area contributed by atoms with Crippen LogP contribution in [0.15, 0.2) is 48.5 Å². The smallest absolute Gasteiger partial charge is 0.0742 e. The highest BCUT2D eigenvalue weighted by molar-refractivity contribution is 8.06. The van der Waals surface area contributed by atoms with E-state index in [-0.39, 0.29) is 5.41 Å². The maximum absolute atomic E-state index is 9.63. The maximum atomic E-state index is 9.63. The summed E-state index contributed by atoms with van der Waals surface area (Å²) in [5.41, 5.74) is 7.37. The molecule has 0 saturated heterocycles. The molecule has 2 heterocycles. The molecule has 1 aromatic heterocycles. The summed E-state index contributed by atoms with van der Waals surface area (Å²) in [7, 11) is 0. The van der Waals surface area contributed by atoms with Gasteiger partial charge in [-0.15, -0.1) is 0 Å². The second kappa shape index (κ2) is 4.94. The van der Waals surface area contributed by atoms with Crippen molar-refractivity contribution < 1.29 is 9.11 Å². The average molecular weight is 349 g/mol. The fourth-order valence-corrected chi connectivity index (χ4v) is 4.87. The Bertz CT molecular complexity index is 1110. The molecule has 5 rings (SSSR count). The van der Waals surface area contributed by atoms with Gasteiger partial charge in [-0.25, -0.2) is 0 Å². The number of hydrogen-bond donors (Lipinski definition) is 2. The molecule has 3 aromatic rings. The highest BCUT2D eigenvalue weighted by atomic mass is 32.2. The topological polar surface area (TPSA) is 45.4 Å². The van der Waals surface area contributed by atoms with Crippen LogP contribution in [-0.2, 0) is 11.8 Å². The third-order valence-electron chi connectivity index (χ3n) is 5.64. The molecule has 1 aliphatic carbocycles. The van der Waals surface area contributed by atoms with E-state index in [9.17, 15) is 9.11 Å². The molecule has 0 saturated carbocycles. The summed E-state index contributed by atoms with van der Waals surface area (Å²) in [6.07, 6.45) is 4.47. The van der Waals surface area contributed by atoms with Gasteiger partial charge in [0, 0.05) is 22.1 Å². The summed E-state index contributed by atoms with van der Waals surface area (Å²) in [5, 5.41) is 1.21. The van der Waals surface area contributed by atoms with Gasteiger partial charge in [0.25, 0.3) is 0 Å². The average Bonchev–Trinajstić information content (AvgIpc) is 2.94. The van der Waals surface area contributed by atoms with Crippen LogP contribution in [0.4, 0.5) is 0 Å². The first kappa shape index (κ1) is 15.1. The molecule has 0 unspecified atom stereocenters. The van der Waals surface area contributed by atoms with Crippen molar-refractivity contribution in [1.29, 1.82) is 0 Å². The number of para-hydroxylation sites is 2. The highest BCUT2D eigenvalue weighted by Gasteiger charge is 2.36. The first-order valence-electron chi connectivity index (χ1n) is 8.43. The van der Waals surface area contributed by atoms with Gasteiger partial charge in [0.05, 0.1) is 27.9 Å². The van der Waals surface area contributed by atoms with Crippen LogP contribution in [0, 0.1) is 0 Å². The van der Waals surface area contributed by atoms with Crippen LogP contribution in [0.1, 0.15) is 36.2 Å². The third kappa shape index (κ3) is 1.87. The van der Waals surface area contributed by atoms with Gasteiger partial charge in [-0.1, -0.05) is 50.2 Å². The maximum Gasteiger partial charge on any atom is 0.0742 e. The second-order valence-corrected chi connectivity index (χ2v) is 8.34. The molecule has 1 aliphatic heterocycles. The van der Waals surface area contributed by atoms with Crippen molar-refractivity contribution in [3.8, 4) is 5.69 Å². The molecule has 0 bridgehead atoms. The summed E-state index contributed by atoms with van der Waals surface area (Å²) < 4.78 is 21.6. The number of fused-ring (bicyclic) bond motifs is 5. The summed E-state index contributed by atoms with van der Waals surface area (Å²) in [6.45, 7) is 4.56. The number of rotatable bonds is 0.